The van der Waals surface area contributed by atoms with Gasteiger partial charge in [0.25, 0.3) is 0 Å². The Morgan fingerprint density at radius 1 is 1.53 bits per heavy atom. The van der Waals surface area contributed by atoms with Gasteiger partial charge < -0.3 is 10.1 Å². The predicted molar refractivity (Wildman–Crippen MR) is 61.1 cm³/mol. The van der Waals surface area contributed by atoms with Crippen LogP contribution in [0.2, 0.25) is 0 Å². The summed E-state index contributed by atoms with van der Waals surface area (Å²) < 4.78 is 5.53. The highest BCUT2D eigenvalue weighted by atomic mass is 35.5. The van der Waals surface area contributed by atoms with Gasteiger partial charge in [-0.25, -0.2) is 0 Å². The van der Waals surface area contributed by atoms with Crippen molar-refractivity contribution in [3.05, 3.63) is 0 Å². The van der Waals surface area contributed by atoms with Crippen LogP contribution in [0.1, 0.15) is 33.1 Å². The lowest BCUT2D eigenvalue weighted by atomic mass is 9.95. The number of hydrogen-bond donors (Lipinski definition) is 1. The highest BCUT2D eigenvalue weighted by molar-refractivity contribution is 6.19. The van der Waals surface area contributed by atoms with Crippen LogP contribution in [-0.2, 0) is 9.53 Å². The normalized spacial score (nSPS) is 22.5. The number of ether oxygens (including phenoxy) is 1. The molecule has 1 unspecified atom stereocenters. The summed E-state index contributed by atoms with van der Waals surface area (Å²) in [5.41, 5.74) is -0.490. The van der Waals surface area contributed by atoms with Gasteiger partial charge in [-0.15, -0.1) is 11.6 Å². The van der Waals surface area contributed by atoms with Crippen LogP contribution in [0.15, 0.2) is 0 Å². The van der Waals surface area contributed by atoms with E-state index in [9.17, 15) is 4.79 Å². The number of amides is 1. The van der Waals surface area contributed by atoms with E-state index in [2.05, 4.69) is 5.32 Å². The molecule has 0 radical (unpaired) electrons. The van der Waals surface area contributed by atoms with E-state index < -0.39 is 5.41 Å². The fourth-order valence-electron chi connectivity index (χ4n) is 1.47. The molecule has 1 fully saturated rings. The van der Waals surface area contributed by atoms with E-state index in [1.807, 2.05) is 13.8 Å². The van der Waals surface area contributed by atoms with Gasteiger partial charge in [-0.05, 0) is 33.1 Å². The molecule has 88 valence electrons. The van der Waals surface area contributed by atoms with Gasteiger partial charge >= 0.3 is 0 Å². The largest absolute Gasteiger partial charge is 0.376 e. The van der Waals surface area contributed by atoms with Gasteiger partial charge in [-0.3, -0.25) is 4.79 Å². The van der Waals surface area contributed by atoms with Crippen molar-refractivity contribution >= 4 is 17.5 Å². The number of halogens is 1. The van der Waals surface area contributed by atoms with Crippen molar-refractivity contribution in [3.63, 3.8) is 0 Å². The SMILES string of the molecule is CC(C)(CCl)C(=O)NCC1CCCCO1. The van der Waals surface area contributed by atoms with Gasteiger partial charge in [-0.2, -0.15) is 0 Å². The van der Waals surface area contributed by atoms with Crippen LogP contribution in [0.4, 0.5) is 0 Å². The molecule has 1 aliphatic rings. The first-order valence-electron chi connectivity index (χ1n) is 5.52. The molecule has 3 nitrogen and oxygen atoms in total. The van der Waals surface area contributed by atoms with Gasteiger partial charge in [0.1, 0.15) is 0 Å². The third kappa shape index (κ3) is 3.99. The molecule has 0 spiro atoms. The van der Waals surface area contributed by atoms with E-state index in [4.69, 9.17) is 16.3 Å². The maximum atomic E-state index is 11.7. The first-order chi connectivity index (χ1) is 7.06. The highest BCUT2D eigenvalue weighted by Gasteiger charge is 2.27. The van der Waals surface area contributed by atoms with Crippen molar-refractivity contribution in [1.82, 2.24) is 5.32 Å². The zero-order valence-corrected chi connectivity index (χ0v) is 10.3. The van der Waals surface area contributed by atoms with Gasteiger partial charge in [-0.1, -0.05) is 0 Å². The molecule has 0 aromatic heterocycles. The van der Waals surface area contributed by atoms with E-state index >= 15 is 0 Å². The van der Waals surface area contributed by atoms with Gasteiger partial charge in [0, 0.05) is 19.0 Å². The highest BCUT2D eigenvalue weighted by Crippen LogP contribution is 2.17. The zero-order valence-electron chi connectivity index (χ0n) is 9.51. The summed E-state index contributed by atoms with van der Waals surface area (Å²) in [6.45, 7) is 5.12. The molecule has 1 amide bonds. The zero-order chi connectivity index (χ0) is 11.3. The summed E-state index contributed by atoms with van der Waals surface area (Å²) in [5, 5.41) is 2.90. The summed E-state index contributed by atoms with van der Waals surface area (Å²) in [4.78, 5) is 11.7. The maximum Gasteiger partial charge on any atom is 0.226 e. The van der Waals surface area contributed by atoms with Crippen molar-refractivity contribution in [2.45, 2.75) is 39.2 Å². The van der Waals surface area contributed by atoms with Gasteiger partial charge in [0.05, 0.1) is 11.5 Å². The lowest BCUT2D eigenvalue weighted by Gasteiger charge is -2.25. The van der Waals surface area contributed by atoms with Crippen LogP contribution in [0, 0.1) is 5.41 Å². The molecule has 1 atom stereocenters. The summed E-state index contributed by atoms with van der Waals surface area (Å²) in [6.07, 6.45) is 3.56. The monoisotopic (exact) mass is 233 g/mol. The van der Waals surface area contributed by atoms with Crippen molar-refractivity contribution in [2.24, 2.45) is 5.41 Å². The quantitative estimate of drug-likeness (QED) is 0.754. The maximum absolute atomic E-state index is 11.7. The Morgan fingerprint density at radius 2 is 2.27 bits per heavy atom. The van der Waals surface area contributed by atoms with Crippen molar-refractivity contribution in [2.75, 3.05) is 19.0 Å². The molecule has 15 heavy (non-hydrogen) atoms. The van der Waals surface area contributed by atoms with Gasteiger partial charge in [0.15, 0.2) is 0 Å². The van der Waals surface area contributed by atoms with E-state index in [1.165, 1.54) is 6.42 Å². The molecular formula is C11H20ClNO2. The Labute approximate surface area is 96.5 Å². The molecule has 0 aliphatic carbocycles. The Balaban J connectivity index is 2.26. The van der Waals surface area contributed by atoms with E-state index in [0.29, 0.717) is 12.4 Å². The van der Waals surface area contributed by atoms with Crippen molar-refractivity contribution in [1.29, 1.82) is 0 Å². The summed E-state index contributed by atoms with van der Waals surface area (Å²) in [5.74, 6) is 0.344. The van der Waals surface area contributed by atoms with Crippen LogP contribution < -0.4 is 5.32 Å². The number of nitrogens with one attached hydrogen (secondary N) is 1. The molecule has 0 aromatic carbocycles. The second kappa shape index (κ2) is 5.71. The second-order valence-electron chi connectivity index (χ2n) is 4.72. The molecular weight excluding hydrogens is 214 g/mol. The molecule has 0 saturated carbocycles. The summed E-state index contributed by atoms with van der Waals surface area (Å²) >= 11 is 5.72. The Bertz CT molecular complexity index is 213. The fourth-order valence-corrected chi connectivity index (χ4v) is 1.60. The van der Waals surface area contributed by atoms with E-state index in [1.54, 1.807) is 0 Å². The standard InChI is InChI=1S/C11H20ClNO2/c1-11(2,8-12)10(14)13-7-9-5-3-4-6-15-9/h9H,3-8H2,1-2H3,(H,13,14). The average Bonchev–Trinajstić information content (AvgIpc) is 2.27. The molecule has 1 rings (SSSR count). The smallest absolute Gasteiger partial charge is 0.226 e. The summed E-state index contributed by atoms with van der Waals surface area (Å²) in [7, 11) is 0. The number of rotatable bonds is 4. The molecule has 1 heterocycles. The lowest BCUT2D eigenvalue weighted by molar-refractivity contribution is -0.129. The number of alkyl halides is 1. The second-order valence-corrected chi connectivity index (χ2v) is 4.98. The fraction of sp³-hybridized carbons (Fsp3) is 0.909. The van der Waals surface area contributed by atoms with Crippen LogP contribution in [0.3, 0.4) is 0 Å². The molecule has 1 aliphatic heterocycles. The molecule has 0 aromatic rings. The first kappa shape index (κ1) is 12.8. The van der Waals surface area contributed by atoms with E-state index in [0.717, 1.165) is 19.4 Å². The lowest BCUT2D eigenvalue weighted by Crippen LogP contribution is -2.42. The number of hydrogen-bond acceptors (Lipinski definition) is 2. The van der Waals surface area contributed by atoms with Crippen molar-refractivity contribution < 1.29 is 9.53 Å². The third-order valence-corrected chi connectivity index (χ3v) is 3.38. The average molecular weight is 234 g/mol. The minimum absolute atomic E-state index is 0.00618. The van der Waals surface area contributed by atoms with Crippen LogP contribution in [0.25, 0.3) is 0 Å². The molecule has 4 heteroatoms. The van der Waals surface area contributed by atoms with Crippen LogP contribution >= 0.6 is 11.6 Å². The Kier molecular flexibility index (Phi) is 4.87. The third-order valence-electron chi connectivity index (χ3n) is 2.71. The first-order valence-corrected chi connectivity index (χ1v) is 6.05. The molecule has 0 bridgehead atoms. The van der Waals surface area contributed by atoms with E-state index in [-0.39, 0.29) is 12.0 Å². The minimum Gasteiger partial charge on any atom is -0.376 e. The minimum atomic E-state index is -0.490. The van der Waals surface area contributed by atoms with Crippen LogP contribution in [-0.4, -0.2) is 31.0 Å². The topological polar surface area (TPSA) is 38.3 Å². The Hall–Kier alpha value is -0.280. The predicted octanol–water partition coefficient (Wildman–Crippen LogP) is 1.94. The summed E-state index contributed by atoms with van der Waals surface area (Å²) in [6, 6.07) is 0. The van der Waals surface area contributed by atoms with Gasteiger partial charge in [0.2, 0.25) is 5.91 Å². The number of carbonyl (C=O) groups is 1. The molecule has 1 N–H and O–H groups in total. The number of carbonyl (C=O) groups excluding carboxylic acids is 1. The molecule has 1 saturated heterocycles. The van der Waals surface area contributed by atoms with Crippen molar-refractivity contribution in [3.8, 4) is 0 Å². The Morgan fingerprint density at radius 3 is 2.80 bits per heavy atom. The van der Waals surface area contributed by atoms with Crippen LogP contribution in [0.5, 0.6) is 0 Å².